The minimum atomic E-state index is -3.47. The molecule has 2 N–H and O–H groups in total. The fourth-order valence-electron chi connectivity index (χ4n) is 3.75. The van der Waals surface area contributed by atoms with Gasteiger partial charge in [0, 0.05) is 30.9 Å². The van der Waals surface area contributed by atoms with Gasteiger partial charge in [0.05, 0.1) is 19.0 Å². The van der Waals surface area contributed by atoms with E-state index in [4.69, 9.17) is 4.74 Å². The molecule has 1 fully saturated rings. The predicted octanol–water partition coefficient (Wildman–Crippen LogP) is 1.93. The lowest BCUT2D eigenvalue weighted by molar-refractivity contribution is 0.0729. The summed E-state index contributed by atoms with van der Waals surface area (Å²) in [6, 6.07) is 7.16. The van der Waals surface area contributed by atoms with Crippen LogP contribution in [0, 0.1) is 13.8 Å². The smallest absolute Gasteiger partial charge is 0.268 e. The van der Waals surface area contributed by atoms with Crippen LogP contribution in [0.5, 0.6) is 0 Å². The summed E-state index contributed by atoms with van der Waals surface area (Å²) in [6.45, 7) is 6.64. The number of benzene rings is 1. The summed E-state index contributed by atoms with van der Waals surface area (Å²) in [7, 11) is -3.47. The van der Waals surface area contributed by atoms with Crippen molar-refractivity contribution in [1.82, 2.24) is 14.6 Å². The summed E-state index contributed by atoms with van der Waals surface area (Å²) in [5.41, 5.74) is 3.51. The van der Waals surface area contributed by atoms with Gasteiger partial charge in [0.2, 0.25) is 10.0 Å². The van der Waals surface area contributed by atoms with Gasteiger partial charge in [-0.2, -0.15) is 4.31 Å². The summed E-state index contributed by atoms with van der Waals surface area (Å²) in [5, 5.41) is 2.83. The molecule has 0 atom stereocenters. The van der Waals surface area contributed by atoms with E-state index < -0.39 is 10.0 Å². The maximum atomic E-state index is 12.8. The van der Waals surface area contributed by atoms with Crippen molar-refractivity contribution in [2.45, 2.75) is 33.1 Å². The van der Waals surface area contributed by atoms with Crippen LogP contribution in [0.3, 0.4) is 0 Å². The van der Waals surface area contributed by atoms with Crippen molar-refractivity contribution in [3.8, 4) is 0 Å². The number of aryl methyl sites for hydroxylation is 1. The van der Waals surface area contributed by atoms with Gasteiger partial charge in [-0.1, -0.05) is 24.3 Å². The average Bonchev–Trinajstić information content (AvgIpc) is 3.02. The Morgan fingerprint density at radius 2 is 1.77 bits per heavy atom. The van der Waals surface area contributed by atoms with E-state index in [0.29, 0.717) is 54.4 Å². The first-order valence-electron chi connectivity index (χ1n) is 9.81. The molecule has 1 aromatic carbocycles. The molecule has 0 radical (unpaired) electrons. The number of morpholine rings is 1. The second kappa shape index (κ2) is 9.11. The topological polar surface area (TPSA) is 109 Å². The van der Waals surface area contributed by atoms with Crippen LogP contribution in [0.15, 0.2) is 24.3 Å². The van der Waals surface area contributed by atoms with E-state index in [-0.39, 0.29) is 24.0 Å². The molecule has 30 heavy (non-hydrogen) atoms. The number of aromatic amines is 1. The minimum Gasteiger partial charge on any atom is -0.379 e. The van der Waals surface area contributed by atoms with E-state index in [1.807, 2.05) is 6.07 Å². The van der Waals surface area contributed by atoms with Crippen LogP contribution in [0.1, 0.15) is 50.2 Å². The number of hydrogen-bond acceptors (Lipinski definition) is 5. The van der Waals surface area contributed by atoms with Gasteiger partial charge in [-0.3, -0.25) is 9.59 Å². The summed E-state index contributed by atoms with van der Waals surface area (Å²) >= 11 is 0. The molecule has 8 nitrogen and oxygen atoms in total. The first kappa shape index (κ1) is 22.2. The van der Waals surface area contributed by atoms with Gasteiger partial charge in [0.1, 0.15) is 5.69 Å². The van der Waals surface area contributed by atoms with Gasteiger partial charge >= 0.3 is 0 Å². The Morgan fingerprint density at radius 3 is 2.37 bits per heavy atom. The number of carbonyl (C=O) groups excluding carboxylic acids is 2. The van der Waals surface area contributed by atoms with Crippen molar-refractivity contribution in [3.63, 3.8) is 0 Å². The third-order valence-electron chi connectivity index (χ3n) is 5.28. The molecule has 9 heteroatoms. The maximum absolute atomic E-state index is 12.8. The molecule has 1 saturated heterocycles. The lowest BCUT2D eigenvalue weighted by atomic mass is 10.1. The maximum Gasteiger partial charge on any atom is 0.268 e. The third kappa shape index (κ3) is 4.80. The molecule has 2 heterocycles. The van der Waals surface area contributed by atoms with Gasteiger partial charge < -0.3 is 15.0 Å². The van der Waals surface area contributed by atoms with Crippen LogP contribution in [0.25, 0.3) is 0 Å². The van der Waals surface area contributed by atoms with Crippen molar-refractivity contribution in [1.29, 1.82) is 0 Å². The Kier molecular flexibility index (Phi) is 6.74. The van der Waals surface area contributed by atoms with Gasteiger partial charge in [0.15, 0.2) is 5.78 Å². The molecular formula is C21H27N3O5S. The fourth-order valence-corrected chi connectivity index (χ4v) is 5.32. The number of hydrogen-bond donors (Lipinski definition) is 2. The zero-order valence-corrected chi connectivity index (χ0v) is 18.3. The quantitative estimate of drug-likeness (QED) is 0.649. The number of aromatic nitrogens is 1. The van der Waals surface area contributed by atoms with Crippen molar-refractivity contribution in [3.05, 3.63) is 57.9 Å². The third-order valence-corrected chi connectivity index (χ3v) is 7.10. The highest BCUT2D eigenvalue weighted by Crippen LogP contribution is 2.20. The molecule has 2 aromatic rings. The second-order valence-corrected chi connectivity index (χ2v) is 9.37. The molecule has 0 spiro atoms. The highest BCUT2D eigenvalue weighted by Gasteiger charge is 2.25. The number of carbonyl (C=O) groups is 2. The SMILES string of the molecule is CC(=O)c1c(C)[nH]c(C(=O)NCc2ccccc2CS(=O)(=O)N2CCOCC2)c1C. The van der Waals surface area contributed by atoms with E-state index in [2.05, 4.69) is 10.3 Å². The zero-order valence-electron chi connectivity index (χ0n) is 17.4. The number of ketones is 1. The van der Waals surface area contributed by atoms with E-state index in [0.717, 1.165) is 5.56 Å². The molecule has 1 aromatic heterocycles. The van der Waals surface area contributed by atoms with E-state index >= 15 is 0 Å². The van der Waals surface area contributed by atoms with Crippen LogP contribution in [0.4, 0.5) is 0 Å². The monoisotopic (exact) mass is 433 g/mol. The van der Waals surface area contributed by atoms with Crippen LogP contribution in [-0.2, 0) is 27.1 Å². The largest absolute Gasteiger partial charge is 0.379 e. The van der Waals surface area contributed by atoms with Gasteiger partial charge in [-0.25, -0.2) is 8.42 Å². The van der Waals surface area contributed by atoms with Crippen molar-refractivity contribution >= 4 is 21.7 Å². The lowest BCUT2D eigenvalue weighted by Gasteiger charge is -2.26. The molecule has 1 aliphatic rings. The highest BCUT2D eigenvalue weighted by molar-refractivity contribution is 7.88. The van der Waals surface area contributed by atoms with Crippen molar-refractivity contribution in [2.75, 3.05) is 26.3 Å². The van der Waals surface area contributed by atoms with Crippen LogP contribution in [-0.4, -0.2) is 55.7 Å². The first-order valence-corrected chi connectivity index (χ1v) is 11.4. The number of nitrogens with one attached hydrogen (secondary N) is 2. The summed E-state index contributed by atoms with van der Waals surface area (Å²) in [5.74, 6) is -0.568. The van der Waals surface area contributed by atoms with E-state index in [1.54, 1.807) is 32.0 Å². The number of rotatable bonds is 7. The molecule has 1 aliphatic heterocycles. The Hall–Kier alpha value is -2.49. The lowest BCUT2D eigenvalue weighted by Crippen LogP contribution is -2.41. The Labute approximate surface area is 176 Å². The molecule has 3 rings (SSSR count). The Balaban J connectivity index is 1.73. The number of ether oxygens (including phenoxy) is 1. The van der Waals surface area contributed by atoms with E-state index in [1.165, 1.54) is 11.2 Å². The Bertz CT molecular complexity index is 1050. The Morgan fingerprint density at radius 1 is 1.13 bits per heavy atom. The summed E-state index contributed by atoms with van der Waals surface area (Å²) in [4.78, 5) is 27.4. The molecule has 0 aliphatic carbocycles. The zero-order chi connectivity index (χ0) is 21.9. The number of sulfonamides is 1. The molecule has 0 unspecified atom stereocenters. The van der Waals surface area contributed by atoms with Crippen molar-refractivity contribution in [2.24, 2.45) is 0 Å². The summed E-state index contributed by atoms with van der Waals surface area (Å²) in [6.07, 6.45) is 0. The normalized spacial score (nSPS) is 15.2. The first-order chi connectivity index (χ1) is 14.2. The number of Topliss-reactive ketones (excluding diaryl/α,β-unsaturated/α-hetero) is 1. The minimum absolute atomic E-state index is 0.0982. The number of H-pyrrole nitrogens is 1. The van der Waals surface area contributed by atoms with Crippen LogP contribution >= 0.6 is 0 Å². The fraction of sp³-hybridized carbons (Fsp3) is 0.429. The van der Waals surface area contributed by atoms with Gasteiger partial charge in [-0.15, -0.1) is 0 Å². The van der Waals surface area contributed by atoms with Crippen LogP contribution < -0.4 is 5.32 Å². The molecule has 1 amide bonds. The number of nitrogens with zero attached hydrogens (tertiary/aromatic N) is 1. The average molecular weight is 434 g/mol. The van der Waals surface area contributed by atoms with Crippen molar-refractivity contribution < 1.29 is 22.7 Å². The molecular weight excluding hydrogens is 406 g/mol. The standard InChI is InChI=1S/C21H27N3O5S/c1-14-19(16(3)25)15(2)23-20(14)21(26)22-12-17-6-4-5-7-18(17)13-30(27,28)24-8-10-29-11-9-24/h4-7,23H,8-13H2,1-3H3,(H,22,26). The van der Waals surface area contributed by atoms with Crippen LogP contribution in [0.2, 0.25) is 0 Å². The highest BCUT2D eigenvalue weighted by atomic mass is 32.2. The second-order valence-electron chi connectivity index (χ2n) is 7.40. The molecule has 162 valence electrons. The molecule has 0 saturated carbocycles. The summed E-state index contributed by atoms with van der Waals surface area (Å²) < 4.78 is 32.2. The van der Waals surface area contributed by atoms with E-state index in [9.17, 15) is 18.0 Å². The van der Waals surface area contributed by atoms with Gasteiger partial charge in [0.25, 0.3) is 5.91 Å². The molecule has 0 bridgehead atoms. The van der Waals surface area contributed by atoms with Gasteiger partial charge in [-0.05, 0) is 37.5 Å². The number of amides is 1. The predicted molar refractivity (Wildman–Crippen MR) is 113 cm³/mol.